The maximum atomic E-state index is 4.93. The van der Waals surface area contributed by atoms with E-state index in [-0.39, 0.29) is 0 Å². The van der Waals surface area contributed by atoms with Crippen molar-refractivity contribution in [1.29, 1.82) is 0 Å². The summed E-state index contributed by atoms with van der Waals surface area (Å²) < 4.78 is 4.73. The van der Waals surface area contributed by atoms with Crippen LogP contribution in [0, 0.1) is 0 Å². The van der Waals surface area contributed by atoms with E-state index in [1.165, 1.54) is 21.5 Å². The number of anilines is 6. The largest absolute Gasteiger partial charge is 0.310 e. The average molecular weight is 897 g/mol. The van der Waals surface area contributed by atoms with Crippen LogP contribution in [-0.4, -0.2) is 19.1 Å². The van der Waals surface area contributed by atoms with Gasteiger partial charge in [0.1, 0.15) is 0 Å². The highest BCUT2D eigenvalue weighted by molar-refractivity contribution is 6.12. The second kappa shape index (κ2) is 17.3. The predicted octanol–water partition coefficient (Wildman–Crippen LogP) is 16.9. The maximum Gasteiger partial charge on any atom is 0.0965 e. The first kappa shape index (κ1) is 40.7. The van der Waals surface area contributed by atoms with E-state index >= 15 is 0 Å². The minimum absolute atomic E-state index is 0.835. The maximum absolute atomic E-state index is 4.93. The molecule has 0 fully saturated rings. The van der Waals surface area contributed by atoms with Gasteiger partial charge in [-0.2, -0.15) is 0 Å². The van der Waals surface area contributed by atoms with Gasteiger partial charge in [-0.25, -0.2) is 0 Å². The van der Waals surface area contributed by atoms with E-state index in [0.717, 1.165) is 90.1 Å². The Morgan fingerprint density at radius 3 is 0.929 bits per heavy atom. The Morgan fingerprint density at radius 2 is 0.571 bits per heavy atom. The number of aromatic nitrogens is 4. The molecule has 0 saturated heterocycles. The van der Waals surface area contributed by atoms with Crippen molar-refractivity contribution in [3.8, 4) is 33.9 Å². The van der Waals surface area contributed by atoms with Gasteiger partial charge in [0.15, 0.2) is 0 Å². The van der Waals surface area contributed by atoms with Crippen LogP contribution >= 0.6 is 0 Å². The van der Waals surface area contributed by atoms with E-state index < -0.39 is 0 Å². The summed E-state index contributed by atoms with van der Waals surface area (Å²) in [7, 11) is 0. The van der Waals surface area contributed by atoms with Gasteiger partial charge < -0.3 is 18.9 Å². The lowest BCUT2D eigenvalue weighted by Crippen LogP contribution is -2.09. The molecule has 6 nitrogen and oxygen atoms in total. The van der Waals surface area contributed by atoms with Crippen LogP contribution in [0.15, 0.2) is 267 Å². The van der Waals surface area contributed by atoms with Crippen molar-refractivity contribution in [3.63, 3.8) is 0 Å². The van der Waals surface area contributed by atoms with Gasteiger partial charge in [-0.3, -0.25) is 9.97 Å². The van der Waals surface area contributed by atoms with Gasteiger partial charge in [0.2, 0.25) is 0 Å². The molecule has 330 valence electrons. The van der Waals surface area contributed by atoms with Crippen molar-refractivity contribution < 1.29 is 0 Å². The number of hydrogen-bond donors (Lipinski definition) is 0. The summed E-state index contributed by atoms with van der Waals surface area (Å²) in [6.07, 6.45) is 3.56. The van der Waals surface area contributed by atoms with E-state index in [1.807, 2.05) is 0 Å². The third kappa shape index (κ3) is 7.06. The molecule has 0 saturated carbocycles. The lowest BCUT2D eigenvalue weighted by atomic mass is 10.0. The van der Waals surface area contributed by atoms with Gasteiger partial charge >= 0.3 is 0 Å². The molecular weight excluding hydrogens is 853 g/mol. The smallest absolute Gasteiger partial charge is 0.0965 e. The highest BCUT2D eigenvalue weighted by atomic mass is 15.1. The van der Waals surface area contributed by atoms with E-state index in [4.69, 9.17) is 9.97 Å². The number of hydrogen-bond acceptors (Lipinski definition) is 4. The second-order valence-corrected chi connectivity index (χ2v) is 17.5. The Labute approximate surface area is 405 Å². The van der Waals surface area contributed by atoms with Gasteiger partial charge in [0.25, 0.3) is 0 Å². The molecule has 0 atom stereocenters. The minimum Gasteiger partial charge on any atom is -0.310 e. The highest BCUT2D eigenvalue weighted by Gasteiger charge is 2.20. The molecular formula is C64H44N6. The van der Waals surface area contributed by atoms with Gasteiger partial charge in [0, 0.05) is 90.6 Å². The lowest BCUT2D eigenvalue weighted by Gasteiger charge is -2.25. The number of fused-ring (bicyclic) bond motifs is 6. The van der Waals surface area contributed by atoms with Crippen molar-refractivity contribution in [2.45, 2.75) is 0 Å². The molecule has 6 heteroatoms. The van der Waals surface area contributed by atoms with E-state index in [1.54, 1.807) is 12.4 Å². The Hall–Kier alpha value is -9.52. The Bertz CT molecular complexity index is 3640. The molecule has 3 heterocycles. The molecule has 0 bridgehead atoms. The molecule has 0 aliphatic heterocycles. The molecule has 10 aromatic carbocycles. The van der Waals surface area contributed by atoms with E-state index in [2.05, 4.69) is 274 Å². The summed E-state index contributed by atoms with van der Waals surface area (Å²) in [6, 6.07) is 90.7. The van der Waals surface area contributed by atoms with Crippen LogP contribution in [0.4, 0.5) is 34.1 Å². The first-order valence-electron chi connectivity index (χ1n) is 23.6. The van der Waals surface area contributed by atoms with Crippen LogP contribution in [0.1, 0.15) is 0 Å². The van der Waals surface area contributed by atoms with Crippen LogP contribution in [0.2, 0.25) is 0 Å². The number of nitrogens with zero attached hydrogens (tertiary/aromatic N) is 6. The minimum atomic E-state index is 0.835. The fourth-order valence-corrected chi connectivity index (χ4v) is 10.3. The zero-order valence-corrected chi connectivity index (χ0v) is 38.1. The summed E-state index contributed by atoms with van der Waals surface area (Å²) in [4.78, 5) is 14.5. The molecule has 0 radical (unpaired) electrons. The molecule has 3 aromatic heterocycles. The first-order chi connectivity index (χ1) is 34.7. The quantitative estimate of drug-likeness (QED) is 0.137. The molecule has 70 heavy (non-hydrogen) atoms. The van der Waals surface area contributed by atoms with Gasteiger partial charge in [-0.05, 0) is 121 Å². The topological polar surface area (TPSA) is 42.1 Å². The zero-order chi connectivity index (χ0) is 46.4. The third-order valence-corrected chi connectivity index (χ3v) is 13.4. The molecule has 0 aliphatic rings. The monoisotopic (exact) mass is 896 g/mol. The molecule has 0 unspecified atom stereocenters. The van der Waals surface area contributed by atoms with Crippen molar-refractivity contribution in [3.05, 3.63) is 267 Å². The van der Waals surface area contributed by atoms with Crippen molar-refractivity contribution in [2.24, 2.45) is 0 Å². The number of rotatable bonds is 10. The summed E-state index contributed by atoms with van der Waals surface area (Å²) in [5.41, 5.74) is 17.1. The molecule has 0 amide bonds. The zero-order valence-electron chi connectivity index (χ0n) is 38.1. The van der Waals surface area contributed by atoms with Crippen molar-refractivity contribution in [2.75, 3.05) is 9.80 Å². The van der Waals surface area contributed by atoms with Gasteiger partial charge in [-0.1, -0.05) is 133 Å². The van der Waals surface area contributed by atoms with Crippen LogP contribution in [0.3, 0.4) is 0 Å². The summed E-state index contributed by atoms with van der Waals surface area (Å²) in [5.74, 6) is 0. The van der Waals surface area contributed by atoms with E-state index in [0.29, 0.717) is 0 Å². The summed E-state index contributed by atoms with van der Waals surface area (Å²) >= 11 is 0. The van der Waals surface area contributed by atoms with Crippen molar-refractivity contribution >= 4 is 77.7 Å². The molecule has 0 aliphatic carbocycles. The number of para-hydroxylation sites is 6. The molecule has 13 aromatic rings. The number of benzene rings is 10. The Morgan fingerprint density at radius 1 is 0.257 bits per heavy atom. The van der Waals surface area contributed by atoms with Crippen LogP contribution in [0.5, 0.6) is 0 Å². The standard InChI is InChI=1S/C64H44N6/c1-5-17-47(18-6-1)67(48-19-7-2-8-20-48)53-37-39-61-57(43-53)55-25-13-15-27-59(55)69(61)51-33-29-45(30-34-51)63-64(66-42-41-65-63)46-31-35-52(36-32-46)70-60-28-16-14-26-56(60)58-44-54(38-40-62(58)70)68(49-21-9-3-10-22-49)50-23-11-4-12-24-50/h1-44H. The molecule has 13 rings (SSSR count). The fourth-order valence-electron chi connectivity index (χ4n) is 10.3. The highest BCUT2D eigenvalue weighted by Crippen LogP contribution is 2.42. The fraction of sp³-hybridized carbons (Fsp3) is 0. The Balaban J connectivity index is 0.842. The predicted molar refractivity (Wildman–Crippen MR) is 291 cm³/mol. The van der Waals surface area contributed by atoms with Gasteiger partial charge in [0.05, 0.1) is 33.5 Å². The average Bonchev–Trinajstić information content (AvgIpc) is 3.95. The lowest BCUT2D eigenvalue weighted by molar-refractivity contribution is 1.17. The van der Waals surface area contributed by atoms with Crippen LogP contribution in [0.25, 0.3) is 77.5 Å². The summed E-state index contributed by atoms with van der Waals surface area (Å²) in [6.45, 7) is 0. The Kier molecular flexibility index (Phi) is 10.1. The van der Waals surface area contributed by atoms with Crippen molar-refractivity contribution in [1.82, 2.24) is 19.1 Å². The first-order valence-corrected chi connectivity index (χ1v) is 23.6. The van der Waals surface area contributed by atoms with E-state index in [9.17, 15) is 0 Å². The van der Waals surface area contributed by atoms with Gasteiger partial charge in [-0.15, -0.1) is 0 Å². The normalized spacial score (nSPS) is 11.4. The van der Waals surface area contributed by atoms with Crippen LogP contribution in [-0.2, 0) is 0 Å². The molecule has 0 N–H and O–H groups in total. The second-order valence-electron chi connectivity index (χ2n) is 17.5. The molecule has 0 spiro atoms. The third-order valence-electron chi connectivity index (χ3n) is 13.4. The van der Waals surface area contributed by atoms with Crippen LogP contribution < -0.4 is 9.80 Å². The SMILES string of the molecule is c1ccc(N(c2ccccc2)c2ccc3c(c2)c2ccccc2n3-c2ccc(-c3nccnc3-c3ccc(-n4c5ccccc5c5cc(N(c6ccccc6)c6ccccc6)ccc54)cc3)cc2)cc1. The summed E-state index contributed by atoms with van der Waals surface area (Å²) in [5, 5.41) is 4.79.